The lowest BCUT2D eigenvalue weighted by molar-refractivity contribution is 0.685. The first-order valence-electron chi connectivity index (χ1n) is 5.15. The van der Waals surface area contributed by atoms with E-state index in [-0.39, 0.29) is 0 Å². The molecule has 0 aliphatic heterocycles. The zero-order valence-corrected chi connectivity index (χ0v) is 9.22. The van der Waals surface area contributed by atoms with Gasteiger partial charge < -0.3 is 16.4 Å². The van der Waals surface area contributed by atoms with Crippen molar-refractivity contribution < 1.29 is 0 Å². The van der Waals surface area contributed by atoms with Crippen LogP contribution in [0, 0.1) is 6.92 Å². The normalized spacial score (nSPS) is 9.73. The predicted octanol–water partition coefficient (Wildman–Crippen LogP) is 1.10. The molecule has 4 N–H and O–H groups in total. The van der Waals surface area contributed by atoms with Crippen LogP contribution in [0.5, 0.6) is 0 Å². The average molecular weight is 205 g/mol. The average Bonchev–Trinajstić information content (AvgIpc) is 2.25. The minimum absolute atomic E-state index is 0.616. The van der Waals surface area contributed by atoms with Gasteiger partial charge in [-0.05, 0) is 18.1 Å². The van der Waals surface area contributed by atoms with Crippen molar-refractivity contribution in [3.05, 3.63) is 47.8 Å². The quantitative estimate of drug-likeness (QED) is 0.652. The summed E-state index contributed by atoms with van der Waals surface area (Å²) in [7, 11) is 0. The molecular weight excluding hydrogens is 186 g/mol. The summed E-state index contributed by atoms with van der Waals surface area (Å²) in [6.07, 6.45) is 0. The van der Waals surface area contributed by atoms with Gasteiger partial charge in [0.05, 0.1) is 5.82 Å². The summed E-state index contributed by atoms with van der Waals surface area (Å²) in [4.78, 5) is 0. The maximum atomic E-state index is 5.38. The van der Waals surface area contributed by atoms with Gasteiger partial charge in [0.2, 0.25) is 0 Å². The first kappa shape index (κ1) is 11.6. The zero-order chi connectivity index (χ0) is 11.1. The van der Waals surface area contributed by atoms with Crippen LogP contribution in [0.4, 0.5) is 0 Å². The Bertz CT molecular complexity index is 320. The van der Waals surface area contributed by atoms with E-state index in [9.17, 15) is 0 Å². The molecule has 15 heavy (non-hydrogen) atoms. The summed E-state index contributed by atoms with van der Waals surface area (Å²) < 4.78 is 0. The molecule has 0 radical (unpaired) electrons. The van der Waals surface area contributed by atoms with Crippen LogP contribution in [0.3, 0.4) is 0 Å². The van der Waals surface area contributed by atoms with Crippen molar-refractivity contribution in [2.75, 3.05) is 13.1 Å². The van der Waals surface area contributed by atoms with Crippen LogP contribution in [-0.2, 0) is 6.54 Å². The van der Waals surface area contributed by atoms with Crippen LogP contribution in [-0.4, -0.2) is 13.1 Å². The number of hydrogen-bond donors (Lipinski definition) is 3. The van der Waals surface area contributed by atoms with E-state index in [1.165, 1.54) is 11.1 Å². The monoisotopic (exact) mass is 205 g/mol. The summed E-state index contributed by atoms with van der Waals surface area (Å²) in [5.41, 5.74) is 7.95. The Morgan fingerprint density at radius 3 is 2.73 bits per heavy atom. The van der Waals surface area contributed by atoms with Crippen molar-refractivity contribution in [2.45, 2.75) is 13.5 Å². The van der Waals surface area contributed by atoms with Crippen LogP contribution in [0.15, 0.2) is 36.7 Å². The molecule has 1 aromatic carbocycles. The van der Waals surface area contributed by atoms with Gasteiger partial charge in [-0.15, -0.1) is 0 Å². The van der Waals surface area contributed by atoms with Gasteiger partial charge in [-0.1, -0.05) is 30.8 Å². The van der Waals surface area contributed by atoms with Crippen LogP contribution in [0.1, 0.15) is 11.1 Å². The fourth-order valence-electron chi connectivity index (χ4n) is 1.30. The SMILES string of the molecule is C=C(NCCN)NCc1ccccc1C. The fraction of sp³-hybridized carbons (Fsp3) is 0.333. The zero-order valence-electron chi connectivity index (χ0n) is 9.22. The van der Waals surface area contributed by atoms with E-state index < -0.39 is 0 Å². The molecule has 0 saturated heterocycles. The Balaban J connectivity index is 2.37. The van der Waals surface area contributed by atoms with Crippen LogP contribution in [0.2, 0.25) is 0 Å². The first-order chi connectivity index (χ1) is 7.24. The summed E-state index contributed by atoms with van der Waals surface area (Å²) in [5.74, 6) is 0.823. The predicted molar refractivity (Wildman–Crippen MR) is 64.2 cm³/mol. The van der Waals surface area contributed by atoms with Crippen LogP contribution >= 0.6 is 0 Å². The minimum atomic E-state index is 0.616. The number of nitrogens with two attached hydrogens (primary N) is 1. The number of nitrogens with one attached hydrogen (secondary N) is 2. The van der Waals surface area contributed by atoms with Crippen molar-refractivity contribution in [3.63, 3.8) is 0 Å². The van der Waals surface area contributed by atoms with E-state index in [0.717, 1.165) is 18.9 Å². The standard InChI is InChI=1S/C12H19N3/c1-10-5-3-4-6-12(10)9-15-11(2)14-8-7-13/h3-6,14-15H,2,7-9,13H2,1H3. The van der Waals surface area contributed by atoms with Gasteiger partial charge in [0.1, 0.15) is 0 Å². The lowest BCUT2D eigenvalue weighted by atomic mass is 10.1. The summed E-state index contributed by atoms with van der Waals surface area (Å²) in [5, 5.41) is 6.30. The highest BCUT2D eigenvalue weighted by molar-refractivity contribution is 5.25. The van der Waals surface area contributed by atoms with Gasteiger partial charge in [-0.3, -0.25) is 0 Å². The highest BCUT2D eigenvalue weighted by Crippen LogP contribution is 2.06. The molecule has 0 atom stereocenters. The smallest absolute Gasteiger partial charge is 0.0915 e. The van der Waals surface area contributed by atoms with E-state index in [0.29, 0.717) is 6.54 Å². The maximum absolute atomic E-state index is 5.38. The summed E-state index contributed by atoms with van der Waals surface area (Å²) in [6.45, 7) is 8.12. The largest absolute Gasteiger partial charge is 0.371 e. The second-order valence-corrected chi connectivity index (χ2v) is 3.47. The second-order valence-electron chi connectivity index (χ2n) is 3.47. The van der Waals surface area contributed by atoms with Crippen LogP contribution < -0.4 is 16.4 Å². The van der Waals surface area contributed by atoms with E-state index in [2.05, 4.69) is 36.3 Å². The summed E-state index contributed by atoms with van der Waals surface area (Å²) >= 11 is 0. The molecule has 0 saturated carbocycles. The van der Waals surface area contributed by atoms with Crippen molar-refractivity contribution >= 4 is 0 Å². The molecule has 0 unspecified atom stereocenters. The number of hydrogen-bond acceptors (Lipinski definition) is 3. The third-order valence-electron chi connectivity index (χ3n) is 2.24. The first-order valence-corrected chi connectivity index (χ1v) is 5.15. The fourth-order valence-corrected chi connectivity index (χ4v) is 1.30. The Labute approximate surface area is 91.4 Å². The van der Waals surface area contributed by atoms with Crippen molar-refractivity contribution in [3.8, 4) is 0 Å². The molecule has 0 fully saturated rings. The van der Waals surface area contributed by atoms with E-state index in [1.54, 1.807) is 0 Å². The molecule has 3 nitrogen and oxygen atoms in total. The maximum Gasteiger partial charge on any atom is 0.0915 e. The molecule has 1 rings (SSSR count). The molecule has 0 bridgehead atoms. The third kappa shape index (κ3) is 4.04. The van der Waals surface area contributed by atoms with Gasteiger partial charge in [0.25, 0.3) is 0 Å². The molecule has 0 aliphatic rings. The van der Waals surface area contributed by atoms with E-state index in [4.69, 9.17) is 5.73 Å². The number of rotatable bonds is 6. The molecule has 0 spiro atoms. The van der Waals surface area contributed by atoms with Gasteiger partial charge >= 0.3 is 0 Å². The van der Waals surface area contributed by atoms with Crippen LogP contribution in [0.25, 0.3) is 0 Å². The highest BCUT2D eigenvalue weighted by Gasteiger charge is 1.96. The lowest BCUT2D eigenvalue weighted by Crippen LogP contribution is -2.29. The van der Waals surface area contributed by atoms with Crippen molar-refractivity contribution in [1.29, 1.82) is 0 Å². The molecule has 1 aromatic rings. The molecular formula is C12H19N3. The van der Waals surface area contributed by atoms with Gasteiger partial charge in [0, 0.05) is 19.6 Å². The van der Waals surface area contributed by atoms with Crippen molar-refractivity contribution in [1.82, 2.24) is 10.6 Å². The Morgan fingerprint density at radius 1 is 1.33 bits per heavy atom. The molecule has 82 valence electrons. The Morgan fingerprint density at radius 2 is 2.07 bits per heavy atom. The Hall–Kier alpha value is -1.48. The van der Waals surface area contributed by atoms with Gasteiger partial charge in [-0.25, -0.2) is 0 Å². The highest BCUT2D eigenvalue weighted by atomic mass is 15.1. The number of aryl methyl sites for hydroxylation is 1. The second kappa shape index (κ2) is 6.09. The molecule has 3 heteroatoms. The lowest BCUT2D eigenvalue weighted by Gasteiger charge is -2.12. The van der Waals surface area contributed by atoms with Crippen molar-refractivity contribution in [2.24, 2.45) is 5.73 Å². The topological polar surface area (TPSA) is 50.1 Å². The van der Waals surface area contributed by atoms with Gasteiger partial charge in [-0.2, -0.15) is 0 Å². The molecule has 0 amide bonds. The molecule has 0 heterocycles. The molecule has 0 aromatic heterocycles. The van der Waals surface area contributed by atoms with E-state index >= 15 is 0 Å². The Kier molecular flexibility index (Phi) is 4.71. The summed E-state index contributed by atoms with van der Waals surface area (Å²) in [6, 6.07) is 8.30. The van der Waals surface area contributed by atoms with Gasteiger partial charge in [0.15, 0.2) is 0 Å². The number of benzene rings is 1. The third-order valence-corrected chi connectivity index (χ3v) is 2.24. The minimum Gasteiger partial charge on any atom is -0.371 e. The molecule has 0 aliphatic carbocycles. The van der Waals surface area contributed by atoms with E-state index in [1.807, 2.05) is 12.1 Å².